The molecule has 7 heteroatoms. The monoisotopic (exact) mass is 389 g/mol. The van der Waals surface area contributed by atoms with Crippen molar-refractivity contribution < 1.29 is 9.21 Å². The number of carbonyl (C=O) groups is 1. The second kappa shape index (κ2) is 7.33. The van der Waals surface area contributed by atoms with Crippen molar-refractivity contribution >= 4 is 27.9 Å². The lowest BCUT2D eigenvalue weighted by molar-refractivity contribution is 0.0925. The van der Waals surface area contributed by atoms with Gasteiger partial charge in [-0.15, -0.1) is 0 Å². The smallest absolute Gasteiger partial charge is 0.287 e. The second-order valence-corrected chi connectivity index (χ2v) is 7.48. The summed E-state index contributed by atoms with van der Waals surface area (Å²) in [5, 5.41) is 13.3. The van der Waals surface area contributed by atoms with E-state index in [-0.39, 0.29) is 5.91 Å². The first-order valence-electron chi connectivity index (χ1n) is 10.0. The van der Waals surface area contributed by atoms with E-state index in [0.717, 1.165) is 52.8 Å². The van der Waals surface area contributed by atoms with E-state index in [1.807, 2.05) is 41.9 Å². The molecule has 0 unspecified atom stereocenters. The van der Waals surface area contributed by atoms with E-state index in [1.165, 1.54) is 0 Å². The van der Waals surface area contributed by atoms with Gasteiger partial charge in [-0.1, -0.05) is 18.2 Å². The van der Waals surface area contributed by atoms with Gasteiger partial charge in [0.1, 0.15) is 5.58 Å². The Bertz CT molecular complexity index is 1190. The molecule has 5 rings (SSSR count). The van der Waals surface area contributed by atoms with Gasteiger partial charge in [0.2, 0.25) is 0 Å². The third-order valence-electron chi connectivity index (χ3n) is 5.64. The molecule has 29 heavy (non-hydrogen) atoms. The third-order valence-corrected chi connectivity index (χ3v) is 5.64. The minimum Gasteiger partial charge on any atom is -0.451 e. The van der Waals surface area contributed by atoms with Crippen molar-refractivity contribution in [2.24, 2.45) is 0 Å². The fourth-order valence-electron chi connectivity index (χ4n) is 4.13. The van der Waals surface area contributed by atoms with Crippen molar-refractivity contribution in [2.75, 3.05) is 19.6 Å². The Balaban J connectivity index is 1.33. The largest absolute Gasteiger partial charge is 0.451 e. The van der Waals surface area contributed by atoms with Crippen molar-refractivity contribution in [3.05, 3.63) is 59.6 Å². The van der Waals surface area contributed by atoms with E-state index in [4.69, 9.17) is 9.52 Å². The van der Waals surface area contributed by atoms with Gasteiger partial charge in [-0.2, -0.15) is 5.10 Å². The molecule has 1 amide bonds. The van der Waals surface area contributed by atoms with Crippen LogP contribution < -0.4 is 10.6 Å². The zero-order chi connectivity index (χ0) is 19.8. The summed E-state index contributed by atoms with van der Waals surface area (Å²) in [6.45, 7) is 4.88. The molecule has 0 radical (unpaired) electrons. The van der Waals surface area contributed by atoms with Crippen LogP contribution in [0.25, 0.3) is 22.0 Å². The minimum absolute atomic E-state index is 0.205. The predicted molar refractivity (Wildman–Crippen MR) is 111 cm³/mol. The second-order valence-electron chi connectivity index (χ2n) is 7.48. The molecule has 1 atom stereocenters. The molecule has 4 heterocycles. The maximum atomic E-state index is 12.6. The molecule has 2 N–H and O–H groups in total. The van der Waals surface area contributed by atoms with E-state index < -0.39 is 0 Å². The highest BCUT2D eigenvalue weighted by Crippen LogP contribution is 2.28. The topological polar surface area (TPSA) is 85.0 Å². The van der Waals surface area contributed by atoms with E-state index in [0.29, 0.717) is 24.8 Å². The standard InChI is InChI=1S/C22H23N5O2/c1-14-16-5-2-3-7-18(16)29-20(14)22(28)25-11-12-27-21-17(6-4-9-24-21)19(26-27)15-8-10-23-13-15/h2-7,9,15,23H,8,10-13H2,1H3,(H,25,28)/t15-/m0/s1. The minimum atomic E-state index is -0.205. The summed E-state index contributed by atoms with van der Waals surface area (Å²) in [5.74, 6) is 0.575. The van der Waals surface area contributed by atoms with E-state index in [9.17, 15) is 4.79 Å². The highest BCUT2D eigenvalue weighted by molar-refractivity contribution is 5.98. The summed E-state index contributed by atoms with van der Waals surface area (Å²) in [7, 11) is 0. The molecular formula is C22H23N5O2. The predicted octanol–water partition coefficient (Wildman–Crippen LogP) is 2.99. The first kappa shape index (κ1) is 17.9. The summed E-state index contributed by atoms with van der Waals surface area (Å²) in [6.07, 6.45) is 2.87. The van der Waals surface area contributed by atoms with Gasteiger partial charge in [0.15, 0.2) is 11.4 Å². The van der Waals surface area contributed by atoms with Gasteiger partial charge in [-0.05, 0) is 38.1 Å². The summed E-state index contributed by atoms with van der Waals surface area (Å²) >= 11 is 0. The zero-order valence-corrected chi connectivity index (χ0v) is 16.3. The number of hydrogen-bond acceptors (Lipinski definition) is 5. The summed E-state index contributed by atoms with van der Waals surface area (Å²) in [4.78, 5) is 17.2. The maximum absolute atomic E-state index is 12.6. The van der Waals surface area contributed by atoms with E-state index in [2.05, 4.69) is 21.7 Å². The van der Waals surface area contributed by atoms with Crippen LogP contribution in [-0.2, 0) is 6.54 Å². The van der Waals surface area contributed by atoms with E-state index in [1.54, 1.807) is 6.20 Å². The molecule has 0 saturated carbocycles. The first-order chi connectivity index (χ1) is 14.2. The lowest BCUT2D eigenvalue weighted by Gasteiger charge is -2.06. The molecule has 4 aromatic rings. The Kier molecular flexibility index (Phi) is 4.52. The van der Waals surface area contributed by atoms with Crippen LogP contribution in [0.5, 0.6) is 0 Å². The quantitative estimate of drug-likeness (QED) is 0.548. The molecule has 148 valence electrons. The van der Waals surface area contributed by atoms with Gasteiger partial charge in [0.05, 0.1) is 12.2 Å². The molecule has 1 aliphatic rings. The average molecular weight is 389 g/mol. The number of amides is 1. The molecule has 0 aliphatic carbocycles. The van der Waals surface area contributed by atoms with Gasteiger partial charge < -0.3 is 15.1 Å². The SMILES string of the molecule is Cc1c(C(=O)NCCn2nc([C@H]3CCNC3)c3cccnc32)oc2ccccc12. The number of para-hydroxylation sites is 1. The number of carbonyl (C=O) groups excluding carboxylic acids is 1. The zero-order valence-electron chi connectivity index (χ0n) is 16.3. The Labute approximate surface area is 168 Å². The number of furan rings is 1. The lowest BCUT2D eigenvalue weighted by atomic mass is 10.0. The molecular weight excluding hydrogens is 366 g/mol. The molecule has 1 aliphatic heterocycles. The summed E-state index contributed by atoms with van der Waals surface area (Å²) in [6, 6.07) is 11.7. The first-order valence-corrected chi connectivity index (χ1v) is 10.0. The van der Waals surface area contributed by atoms with Crippen LogP contribution in [0.2, 0.25) is 0 Å². The number of benzene rings is 1. The number of fused-ring (bicyclic) bond motifs is 2. The number of nitrogens with one attached hydrogen (secondary N) is 2. The number of pyridine rings is 1. The fraction of sp³-hybridized carbons (Fsp3) is 0.318. The van der Waals surface area contributed by atoms with Gasteiger partial charge in [-0.25, -0.2) is 9.67 Å². The Morgan fingerprint density at radius 3 is 2.97 bits per heavy atom. The van der Waals surface area contributed by atoms with Crippen LogP contribution in [0, 0.1) is 6.92 Å². The van der Waals surface area contributed by atoms with Crippen molar-refractivity contribution in [2.45, 2.75) is 25.8 Å². The summed E-state index contributed by atoms with van der Waals surface area (Å²) in [5.41, 5.74) is 3.55. The third kappa shape index (κ3) is 3.17. The Morgan fingerprint density at radius 2 is 2.14 bits per heavy atom. The van der Waals surface area contributed by atoms with Crippen molar-refractivity contribution in [3.8, 4) is 0 Å². The van der Waals surface area contributed by atoms with Crippen molar-refractivity contribution in [3.63, 3.8) is 0 Å². The normalized spacial score (nSPS) is 16.7. The van der Waals surface area contributed by atoms with E-state index >= 15 is 0 Å². The van der Waals surface area contributed by atoms with Crippen LogP contribution in [0.3, 0.4) is 0 Å². The van der Waals surface area contributed by atoms with Gasteiger partial charge in [-0.3, -0.25) is 4.79 Å². The number of nitrogens with zero attached hydrogens (tertiary/aromatic N) is 3. The van der Waals surface area contributed by atoms with Crippen LogP contribution >= 0.6 is 0 Å². The molecule has 0 bridgehead atoms. The van der Waals surface area contributed by atoms with Crippen LogP contribution in [0.15, 0.2) is 47.0 Å². The lowest BCUT2D eigenvalue weighted by Crippen LogP contribution is -2.27. The van der Waals surface area contributed by atoms with Crippen LogP contribution in [-0.4, -0.2) is 40.3 Å². The highest BCUT2D eigenvalue weighted by atomic mass is 16.3. The molecule has 1 aromatic carbocycles. The molecule has 1 saturated heterocycles. The molecule has 0 spiro atoms. The fourth-order valence-corrected chi connectivity index (χ4v) is 4.13. The average Bonchev–Trinajstić information content (AvgIpc) is 3.47. The Hall–Kier alpha value is -3.19. The maximum Gasteiger partial charge on any atom is 0.287 e. The molecule has 7 nitrogen and oxygen atoms in total. The number of aryl methyl sites for hydroxylation is 1. The molecule has 3 aromatic heterocycles. The van der Waals surface area contributed by atoms with Gasteiger partial charge in [0.25, 0.3) is 5.91 Å². The summed E-state index contributed by atoms with van der Waals surface area (Å²) < 4.78 is 7.65. The number of rotatable bonds is 5. The van der Waals surface area contributed by atoms with Crippen LogP contribution in [0.1, 0.15) is 34.2 Å². The van der Waals surface area contributed by atoms with Crippen molar-refractivity contribution in [1.29, 1.82) is 0 Å². The number of aromatic nitrogens is 3. The van der Waals surface area contributed by atoms with Gasteiger partial charge in [0, 0.05) is 41.5 Å². The molecule has 1 fully saturated rings. The van der Waals surface area contributed by atoms with Crippen LogP contribution in [0.4, 0.5) is 0 Å². The highest BCUT2D eigenvalue weighted by Gasteiger charge is 2.23. The Morgan fingerprint density at radius 1 is 1.28 bits per heavy atom. The number of hydrogen-bond donors (Lipinski definition) is 2. The van der Waals surface area contributed by atoms with Crippen molar-refractivity contribution in [1.82, 2.24) is 25.4 Å². The van der Waals surface area contributed by atoms with Gasteiger partial charge >= 0.3 is 0 Å².